The van der Waals surface area contributed by atoms with E-state index in [9.17, 15) is 14.7 Å². The van der Waals surface area contributed by atoms with Crippen LogP contribution in [0.15, 0.2) is 59.1 Å². The fourth-order valence-corrected chi connectivity index (χ4v) is 5.86. The third-order valence-corrected chi connectivity index (χ3v) is 7.78. The second-order valence-corrected chi connectivity index (χ2v) is 10.4. The first-order valence-corrected chi connectivity index (χ1v) is 12.9. The smallest absolute Gasteiger partial charge is 0.348 e. The van der Waals surface area contributed by atoms with Crippen molar-refractivity contribution in [2.24, 2.45) is 5.92 Å². The summed E-state index contributed by atoms with van der Waals surface area (Å²) in [4.78, 5) is 32.7. The summed E-state index contributed by atoms with van der Waals surface area (Å²) in [6, 6.07) is 15.2. The Balaban J connectivity index is 1.47. The summed E-state index contributed by atoms with van der Waals surface area (Å²) in [5.41, 5.74) is 3.85. The van der Waals surface area contributed by atoms with E-state index in [0.29, 0.717) is 5.69 Å². The second-order valence-electron chi connectivity index (χ2n) is 9.34. The number of aromatic carboxylic acids is 1. The Morgan fingerprint density at radius 2 is 1.77 bits per heavy atom. The highest BCUT2D eigenvalue weighted by Gasteiger charge is 2.32. The molecule has 0 bridgehead atoms. The van der Waals surface area contributed by atoms with Gasteiger partial charge < -0.3 is 14.4 Å². The molecule has 3 heterocycles. The van der Waals surface area contributed by atoms with Crippen LogP contribution in [-0.4, -0.2) is 28.0 Å². The van der Waals surface area contributed by atoms with Crippen molar-refractivity contribution in [1.29, 1.82) is 0 Å². The first kappa shape index (κ1) is 23.3. The molecule has 1 N–H and O–H groups in total. The van der Waals surface area contributed by atoms with Crippen molar-refractivity contribution in [3.63, 3.8) is 0 Å². The maximum Gasteiger partial charge on any atom is 0.348 e. The average molecular weight is 489 g/mol. The number of fused-ring (bicyclic) bond motifs is 1. The van der Waals surface area contributed by atoms with Crippen LogP contribution in [-0.2, 0) is 4.79 Å². The van der Waals surface area contributed by atoms with Gasteiger partial charge >= 0.3 is 5.97 Å². The number of nitrogens with zero attached hydrogens (tertiary/aromatic N) is 2. The lowest BCUT2D eigenvalue weighted by Crippen LogP contribution is -2.42. The molecular formula is C28H28N2O4S. The quantitative estimate of drug-likeness (QED) is 0.309. The summed E-state index contributed by atoms with van der Waals surface area (Å²) < 4.78 is 5.91. The third-order valence-electron chi connectivity index (χ3n) is 6.62. The minimum Gasteiger partial charge on any atom is -0.477 e. The van der Waals surface area contributed by atoms with Crippen LogP contribution < -0.4 is 4.90 Å². The van der Waals surface area contributed by atoms with Gasteiger partial charge in [0.1, 0.15) is 16.2 Å². The van der Waals surface area contributed by atoms with Gasteiger partial charge in [-0.3, -0.25) is 9.78 Å². The summed E-state index contributed by atoms with van der Waals surface area (Å²) in [7, 11) is 0. The lowest BCUT2D eigenvalue weighted by atomic mass is 9.88. The molecule has 0 aliphatic heterocycles. The molecule has 5 rings (SSSR count). The van der Waals surface area contributed by atoms with Gasteiger partial charge in [0.25, 0.3) is 0 Å². The molecule has 35 heavy (non-hydrogen) atoms. The number of carboxylic acids is 1. The van der Waals surface area contributed by atoms with E-state index in [1.807, 2.05) is 62.4 Å². The van der Waals surface area contributed by atoms with E-state index in [4.69, 9.17) is 4.42 Å². The van der Waals surface area contributed by atoms with Gasteiger partial charge in [-0.2, -0.15) is 0 Å². The van der Waals surface area contributed by atoms with Crippen LogP contribution in [0, 0.1) is 5.92 Å². The number of carbonyl (C=O) groups excluding carboxylic acids is 1. The molecule has 1 saturated carbocycles. The maximum atomic E-state index is 13.5. The number of anilines is 1. The minimum atomic E-state index is -1.01. The molecule has 0 spiro atoms. The van der Waals surface area contributed by atoms with Gasteiger partial charge in [0.15, 0.2) is 5.58 Å². The standard InChI is InChI=1S/C28H28N2O4S/c1-17(2)30(27(31)20-7-4-3-5-8-20)22-16-25(35-26(22)28(32)33)19-12-10-18(11-13-19)24-15-21-23(34-24)9-6-14-29-21/h6,9-17,20H,3-5,7-8H2,1-2H3,(H,32,33). The first-order valence-electron chi connectivity index (χ1n) is 12.1. The van der Waals surface area contributed by atoms with Crippen LogP contribution in [0.4, 0.5) is 5.69 Å². The molecule has 1 aromatic carbocycles. The van der Waals surface area contributed by atoms with Crippen LogP contribution in [0.5, 0.6) is 0 Å². The monoisotopic (exact) mass is 488 g/mol. The molecule has 4 aromatic rings. The molecular weight excluding hydrogens is 460 g/mol. The fraction of sp³-hybridized carbons (Fsp3) is 0.321. The zero-order valence-electron chi connectivity index (χ0n) is 19.9. The van der Waals surface area contributed by atoms with Gasteiger partial charge in [-0.1, -0.05) is 43.5 Å². The van der Waals surface area contributed by atoms with Crippen LogP contribution in [0.3, 0.4) is 0 Å². The molecule has 0 saturated heterocycles. The van der Waals surface area contributed by atoms with Gasteiger partial charge in [0, 0.05) is 34.7 Å². The molecule has 1 amide bonds. The number of carboxylic acid groups (broad SMARTS) is 1. The zero-order chi connectivity index (χ0) is 24.5. The van der Waals surface area contributed by atoms with Crippen molar-refractivity contribution in [2.75, 3.05) is 4.90 Å². The van der Waals surface area contributed by atoms with Gasteiger partial charge in [-0.25, -0.2) is 4.79 Å². The van der Waals surface area contributed by atoms with Crippen molar-refractivity contribution in [3.8, 4) is 21.8 Å². The van der Waals surface area contributed by atoms with Crippen molar-refractivity contribution in [1.82, 2.24) is 4.98 Å². The summed E-state index contributed by atoms with van der Waals surface area (Å²) in [5.74, 6) is -0.272. The highest BCUT2D eigenvalue weighted by molar-refractivity contribution is 7.18. The van der Waals surface area contributed by atoms with Gasteiger partial charge in [-0.05, 0) is 50.5 Å². The Morgan fingerprint density at radius 1 is 1.06 bits per heavy atom. The Hall–Kier alpha value is -3.45. The molecule has 0 atom stereocenters. The molecule has 7 heteroatoms. The van der Waals surface area contributed by atoms with E-state index in [1.165, 1.54) is 11.3 Å². The Morgan fingerprint density at radius 3 is 2.43 bits per heavy atom. The SMILES string of the molecule is CC(C)N(C(=O)C1CCCCC1)c1cc(-c2ccc(-c3cc4ncccc4o3)cc2)sc1C(=O)O. The highest BCUT2D eigenvalue weighted by atomic mass is 32.1. The topological polar surface area (TPSA) is 83.6 Å². The van der Waals surface area contributed by atoms with Crippen LogP contribution >= 0.6 is 11.3 Å². The zero-order valence-corrected chi connectivity index (χ0v) is 20.7. The molecule has 0 radical (unpaired) electrons. The number of benzene rings is 1. The fourth-order valence-electron chi connectivity index (χ4n) is 4.86. The van der Waals surface area contributed by atoms with Crippen LogP contribution in [0.25, 0.3) is 32.9 Å². The number of rotatable bonds is 6. The third kappa shape index (κ3) is 4.60. The molecule has 180 valence electrons. The van der Waals surface area contributed by atoms with E-state index < -0.39 is 5.97 Å². The largest absolute Gasteiger partial charge is 0.477 e. The molecule has 1 aliphatic rings. The predicted molar refractivity (Wildman–Crippen MR) is 139 cm³/mol. The van der Waals surface area contributed by atoms with E-state index in [2.05, 4.69) is 4.98 Å². The molecule has 1 fully saturated rings. The van der Waals surface area contributed by atoms with Crippen LogP contribution in [0.1, 0.15) is 55.6 Å². The van der Waals surface area contributed by atoms with Crippen LogP contribution in [0.2, 0.25) is 0 Å². The number of thiophene rings is 1. The van der Waals surface area contributed by atoms with E-state index in [0.717, 1.165) is 65.0 Å². The number of hydrogen-bond acceptors (Lipinski definition) is 5. The Labute approximate surface area is 208 Å². The Bertz CT molecular complexity index is 1330. The second kappa shape index (κ2) is 9.66. The average Bonchev–Trinajstić information content (AvgIpc) is 3.50. The van der Waals surface area contributed by atoms with Crippen molar-refractivity contribution >= 4 is 40.0 Å². The van der Waals surface area contributed by atoms with E-state index >= 15 is 0 Å². The van der Waals surface area contributed by atoms with Crippen molar-refractivity contribution in [3.05, 3.63) is 59.6 Å². The first-order chi connectivity index (χ1) is 16.9. The molecule has 6 nitrogen and oxygen atoms in total. The van der Waals surface area contributed by atoms with Gasteiger partial charge in [0.2, 0.25) is 5.91 Å². The molecule has 1 aliphatic carbocycles. The normalized spacial score (nSPS) is 14.5. The lowest BCUT2D eigenvalue weighted by molar-refractivity contribution is -0.123. The summed E-state index contributed by atoms with van der Waals surface area (Å²) in [6.07, 6.45) is 6.75. The number of amides is 1. The highest BCUT2D eigenvalue weighted by Crippen LogP contribution is 2.40. The van der Waals surface area contributed by atoms with E-state index in [1.54, 1.807) is 11.1 Å². The van der Waals surface area contributed by atoms with Crippen molar-refractivity contribution in [2.45, 2.75) is 52.0 Å². The lowest BCUT2D eigenvalue weighted by Gasteiger charge is -2.32. The minimum absolute atomic E-state index is 0.0336. The summed E-state index contributed by atoms with van der Waals surface area (Å²) in [6.45, 7) is 3.89. The number of pyridine rings is 1. The summed E-state index contributed by atoms with van der Waals surface area (Å²) in [5, 5.41) is 9.96. The number of furan rings is 1. The number of aromatic nitrogens is 1. The predicted octanol–water partition coefficient (Wildman–Crippen LogP) is 7.24. The molecule has 0 unspecified atom stereocenters. The maximum absolute atomic E-state index is 13.5. The van der Waals surface area contributed by atoms with Gasteiger partial charge in [-0.15, -0.1) is 11.3 Å². The van der Waals surface area contributed by atoms with Crippen molar-refractivity contribution < 1.29 is 19.1 Å². The summed E-state index contributed by atoms with van der Waals surface area (Å²) >= 11 is 1.21. The number of hydrogen-bond donors (Lipinski definition) is 1. The van der Waals surface area contributed by atoms with E-state index in [-0.39, 0.29) is 22.7 Å². The number of carbonyl (C=O) groups is 2. The molecule has 3 aromatic heterocycles. The van der Waals surface area contributed by atoms with Gasteiger partial charge in [0.05, 0.1) is 5.69 Å². The Kier molecular flexibility index (Phi) is 6.43.